The minimum absolute atomic E-state index is 0.0496. The highest BCUT2D eigenvalue weighted by Crippen LogP contribution is 2.18. The summed E-state index contributed by atoms with van der Waals surface area (Å²) in [5.41, 5.74) is 0.785. The van der Waals surface area contributed by atoms with Crippen LogP contribution in [-0.4, -0.2) is 85.5 Å². The van der Waals surface area contributed by atoms with E-state index in [2.05, 4.69) is 15.1 Å². The molecule has 0 radical (unpaired) electrons. The normalized spacial score (nSPS) is 15.9. The van der Waals surface area contributed by atoms with Gasteiger partial charge in [-0.1, -0.05) is 18.2 Å². The Morgan fingerprint density at radius 3 is 2.21 bits per heavy atom. The molecule has 1 fully saturated rings. The van der Waals surface area contributed by atoms with Crippen molar-refractivity contribution in [1.82, 2.24) is 20.0 Å². The quantitative estimate of drug-likeness (QED) is 0.758. The summed E-state index contributed by atoms with van der Waals surface area (Å²) in [6.45, 7) is 10.4. The Balaban J connectivity index is 1.76. The van der Waals surface area contributed by atoms with Gasteiger partial charge < -0.3 is 15.0 Å². The zero-order valence-corrected chi connectivity index (χ0v) is 17.8. The average Bonchev–Trinajstić information content (AvgIpc) is 2.62. The number of piperazine rings is 1. The fourth-order valence-corrected chi connectivity index (χ4v) is 3.26. The molecule has 0 aliphatic carbocycles. The molecule has 0 saturated carbocycles. The van der Waals surface area contributed by atoms with Gasteiger partial charge in [-0.25, -0.2) is 0 Å². The second-order valence-electron chi connectivity index (χ2n) is 8.41. The fraction of sp³-hybridized carbons (Fsp3) is 0.619. The fourth-order valence-electron chi connectivity index (χ4n) is 3.26. The van der Waals surface area contributed by atoms with Crippen LogP contribution in [0, 0.1) is 0 Å². The Kier molecular flexibility index (Phi) is 7.83. The lowest BCUT2D eigenvalue weighted by atomic mass is 10.1. The summed E-state index contributed by atoms with van der Waals surface area (Å²) in [5, 5.41) is 2.99. The van der Waals surface area contributed by atoms with E-state index in [0.717, 1.165) is 37.5 Å². The van der Waals surface area contributed by atoms with Gasteiger partial charge in [-0.15, -0.1) is 0 Å². The van der Waals surface area contributed by atoms with Crippen LogP contribution < -0.4 is 10.1 Å². The van der Waals surface area contributed by atoms with Crippen LogP contribution in [0.25, 0.3) is 0 Å². The minimum atomic E-state index is -0.211. The van der Waals surface area contributed by atoms with Crippen LogP contribution in [-0.2, 0) is 16.1 Å². The summed E-state index contributed by atoms with van der Waals surface area (Å²) in [6.07, 6.45) is 0. The van der Waals surface area contributed by atoms with E-state index in [1.54, 1.807) is 12.0 Å². The van der Waals surface area contributed by atoms with Gasteiger partial charge in [0.15, 0.2) is 0 Å². The number of nitrogens with one attached hydrogen (secondary N) is 1. The Morgan fingerprint density at radius 1 is 1.07 bits per heavy atom. The summed E-state index contributed by atoms with van der Waals surface area (Å²) in [5.74, 6) is 0.933. The van der Waals surface area contributed by atoms with Crippen LogP contribution in [0.3, 0.4) is 0 Å². The first-order valence-corrected chi connectivity index (χ1v) is 9.79. The van der Waals surface area contributed by atoms with Crippen LogP contribution in [0.1, 0.15) is 26.3 Å². The number of rotatable bonds is 7. The second kappa shape index (κ2) is 9.89. The molecule has 2 amide bonds. The Hall–Kier alpha value is -2.12. The molecule has 0 unspecified atom stereocenters. The minimum Gasteiger partial charge on any atom is -0.496 e. The summed E-state index contributed by atoms with van der Waals surface area (Å²) >= 11 is 0. The van der Waals surface area contributed by atoms with Crippen molar-refractivity contribution in [3.8, 4) is 5.75 Å². The first-order valence-electron chi connectivity index (χ1n) is 9.79. The van der Waals surface area contributed by atoms with E-state index < -0.39 is 0 Å². The van der Waals surface area contributed by atoms with Gasteiger partial charge in [-0.05, 0) is 26.8 Å². The number of para-hydroxylation sites is 1. The lowest BCUT2D eigenvalue weighted by molar-refractivity contribution is -0.132. The van der Waals surface area contributed by atoms with Crippen LogP contribution in [0.15, 0.2) is 24.3 Å². The molecular weight excluding hydrogens is 356 g/mol. The van der Waals surface area contributed by atoms with Crippen LogP contribution >= 0.6 is 0 Å². The molecule has 156 valence electrons. The SMILES string of the molecule is COc1ccccc1CN(C)C(=O)CN1CCN(CC(=O)NC(C)(C)C)CC1. The molecular formula is C21H34N4O3. The summed E-state index contributed by atoms with van der Waals surface area (Å²) in [7, 11) is 3.46. The number of carbonyl (C=O) groups is 2. The molecule has 0 spiro atoms. The monoisotopic (exact) mass is 390 g/mol. The average molecular weight is 391 g/mol. The lowest BCUT2D eigenvalue weighted by Gasteiger charge is -2.35. The van der Waals surface area contributed by atoms with Gasteiger partial charge in [0.1, 0.15) is 5.75 Å². The molecule has 1 saturated heterocycles. The molecule has 28 heavy (non-hydrogen) atoms. The number of benzene rings is 1. The van der Waals surface area contributed by atoms with Gasteiger partial charge in [-0.3, -0.25) is 19.4 Å². The second-order valence-corrected chi connectivity index (χ2v) is 8.41. The lowest BCUT2D eigenvalue weighted by Crippen LogP contribution is -2.53. The molecule has 0 bridgehead atoms. The Morgan fingerprint density at radius 2 is 1.64 bits per heavy atom. The van der Waals surface area contributed by atoms with Gasteiger partial charge in [0.25, 0.3) is 0 Å². The zero-order valence-electron chi connectivity index (χ0n) is 17.8. The van der Waals surface area contributed by atoms with E-state index >= 15 is 0 Å². The van der Waals surface area contributed by atoms with Gasteiger partial charge in [0, 0.05) is 50.9 Å². The van der Waals surface area contributed by atoms with E-state index in [1.807, 2.05) is 52.1 Å². The number of nitrogens with zero attached hydrogens (tertiary/aromatic N) is 3. The number of hydrogen-bond acceptors (Lipinski definition) is 5. The van der Waals surface area contributed by atoms with Crippen LogP contribution in [0.5, 0.6) is 5.75 Å². The number of ether oxygens (including phenoxy) is 1. The topological polar surface area (TPSA) is 65.1 Å². The molecule has 1 aliphatic rings. The summed E-state index contributed by atoms with van der Waals surface area (Å²) in [4.78, 5) is 30.7. The molecule has 7 heteroatoms. The molecule has 1 heterocycles. The van der Waals surface area contributed by atoms with Crippen molar-refractivity contribution in [2.75, 3.05) is 53.4 Å². The molecule has 0 aromatic heterocycles. The summed E-state index contributed by atoms with van der Waals surface area (Å²) in [6, 6.07) is 7.75. The molecule has 7 nitrogen and oxygen atoms in total. The zero-order chi connectivity index (χ0) is 20.7. The maximum atomic E-state index is 12.6. The van der Waals surface area contributed by atoms with Crippen molar-refractivity contribution in [2.45, 2.75) is 32.9 Å². The number of carbonyl (C=O) groups excluding carboxylic acids is 2. The molecule has 1 aliphatic heterocycles. The maximum absolute atomic E-state index is 12.6. The van der Waals surface area contributed by atoms with Gasteiger partial charge in [0.2, 0.25) is 11.8 Å². The van der Waals surface area contributed by atoms with Crippen molar-refractivity contribution in [3.05, 3.63) is 29.8 Å². The Bertz CT molecular complexity index is 664. The smallest absolute Gasteiger partial charge is 0.236 e. The van der Waals surface area contributed by atoms with E-state index in [9.17, 15) is 9.59 Å². The third-order valence-corrected chi connectivity index (χ3v) is 4.73. The van der Waals surface area contributed by atoms with Gasteiger partial charge in [0.05, 0.1) is 20.2 Å². The highest BCUT2D eigenvalue weighted by molar-refractivity contribution is 5.79. The third-order valence-electron chi connectivity index (χ3n) is 4.73. The first-order chi connectivity index (χ1) is 13.2. The van der Waals surface area contributed by atoms with Crippen molar-refractivity contribution < 1.29 is 14.3 Å². The van der Waals surface area contributed by atoms with Crippen molar-refractivity contribution in [1.29, 1.82) is 0 Å². The molecule has 1 N–H and O–H groups in total. The standard InChI is InChI=1S/C21H34N4O3/c1-21(2,3)22-19(26)15-24-10-12-25(13-11-24)16-20(27)23(4)14-17-8-6-7-9-18(17)28-5/h6-9H,10-16H2,1-5H3,(H,22,26). The molecule has 0 atom stereocenters. The predicted molar refractivity (Wildman–Crippen MR) is 110 cm³/mol. The predicted octanol–water partition coefficient (Wildman–Crippen LogP) is 1.19. The van der Waals surface area contributed by atoms with Gasteiger partial charge >= 0.3 is 0 Å². The highest BCUT2D eigenvalue weighted by atomic mass is 16.5. The number of hydrogen-bond donors (Lipinski definition) is 1. The van der Waals surface area contributed by atoms with E-state index in [1.165, 1.54) is 0 Å². The number of likely N-dealkylation sites (N-methyl/N-ethyl adjacent to an activating group) is 1. The van der Waals surface area contributed by atoms with Gasteiger partial charge in [-0.2, -0.15) is 0 Å². The van der Waals surface area contributed by atoms with Crippen molar-refractivity contribution in [2.24, 2.45) is 0 Å². The summed E-state index contributed by atoms with van der Waals surface area (Å²) < 4.78 is 5.36. The molecule has 1 aromatic rings. The van der Waals surface area contributed by atoms with E-state index in [-0.39, 0.29) is 17.4 Å². The Labute approximate surface area is 168 Å². The van der Waals surface area contributed by atoms with Crippen molar-refractivity contribution >= 4 is 11.8 Å². The van der Waals surface area contributed by atoms with E-state index in [4.69, 9.17) is 4.74 Å². The van der Waals surface area contributed by atoms with Crippen LogP contribution in [0.2, 0.25) is 0 Å². The number of amides is 2. The molecule has 1 aromatic carbocycles. The maximum Gasteiger partial charge on any atom is 0.236 e. The molecule has 2 rings (SSSR count). The van der Waals surface area contributed by atoms with E-state index in [0.29, 0.717) is 19.6 Å². The first kappa shape index (κ1) is 22.2. The van der Waals surface area contributed by atoms with Crippen LogP contribution in [0.4, 0.5) is 0 Å². The number of methoxy groups -OCH3 is 1. The largest absolute Gasteiger partial charge is 0.496 e. The third kappa shape index (κ3) is 7.13. The van der Waals surface area contributed by atoms with Crippen molar-refractivity contribution in [3.63, 3.8) is 0 Å². The highest BCUT2D eigenvalue weighted by Gasteiger charge is 2.23.